The predicted molar refractivity (Wildman–Crippen MR) is 76.5 cm³/mol. The summed E-state index contributed by atoms with van der Waals surface area (Å²) in [5, 5.41) is 2.27. The smallest absolute Gasteiger partial charge is 0.425 e. The van der Waals surface area contributed by atoms with Crippen molar-refractivity contribution in [1.29, 1.82) is 0 Å². The van der Waals surface area contributed by atoms with E-state index in [4.69, 9.17) is 0 Å². The summed E-state index contributed by atoms with van der Waals surface area (Å²) >= 11 is 0. The number of ether oxygens (including phenoxy) is 1. The number of para-hydroxylation sites is 1. The molecule has 1 N–H and O–H groups in total. The zero-order valence-electron chi connectivity index (χ0n) is 11.5. The molecule has 0 saturated carbocycles. The van der Waals surface area contributed by atoms with E-state index >= 15 is 0 Å². The molecular weight excluding hydrogens is 295 g/mol. The Balaban J connectivity index is 2.02. The molecule has 0 aliphatic heterocycles. The van der Waals surface area contributed by atoms with E-state index in [2.05, 4.69) is 10.1 Å². The van der Waals surface area contributed by atoms with Gasteiger partial charge in [0.15, 0.2) is 0 Å². The lowest BCUT2D eigenvalue weighted by Gasteiger charge is -2.21. The average Bonchev–Trinajstić information content (AvgIpc) is 2.48. The number of benzene rings is 2. The van der Waals surface area contributed by atoms with Crippen LogP contribution in [0.4, 0.5) is 23.7 Å². The van der Waals surface area contributed by atoms with E-state index in [-0.39, 0.29) is 0 Å². The number of hydrogen-bond donors (Lipinski definition) is 1. The molecule has 0 aromatic heterocycles. The van der Waals surface area contributed by atoms with Crippen LogP contribution in [-0.4, -0.2) is 18.4 Å². The third kappa shape index (κ3) is 4.80. The summed E-state index contributed by atoms with van der Waals surface area (Å²) in [5.74, 6) is 0. The molecule has 0 unspecified atom stereocenters. The molecular formula is C16H14F3NO2. The third-order valence-corrected chi connectivity index (χ3v) is 2.90. The number of carbonyl (C=O) groups excluding carboxylic acids is 1. The summed E-state index contributed by atoms with van der Waals surface area (Å²) in [6, 6.07) is 16.2. The van der Waals surface area contributed by atoms with Crippen molar-refractivity contribution < 1.29 is 22.7 Å². The van der Waals surface area contributed by atoms with Gasteiger partial charge >= 0.3 is 12.3 Å². The first-order valence-corrected chi connectivity index (χ1v) is 6.58. The number of anilines is 1. The second kappa shape index (κ2) is 6.98. The number of hydrogen-bond acceptors (Lipinski definition) is 2. The van der Waals surface area contributed by atoms with Crippen molar-refractivity contribution in [2.45, 2.75) is 18.7 Å². The first kappa shape index (κ1) is 15.9. The number of nitrogens with one attached hydrogen (secondary N) is 1. The normalized spacial score (nSPS) is 12.5. The van der Waals surface area contributed by atoms with E-state index in [0.717, 1.165) is 0 Å². The van der Waals surface area contributed by atoms with Gasteiger partial charge in [0.25, 0.3) is 0 Å². The average molecular weight is 309 g/mol. The molecule has 0 radical (unpaired) electrons. The van der Waals surface area contributed by atoms with Crippen LogP contribution in [0.1, 0.15) is 5.56 Å². The largest absolute Gasteiger partial charge is 0.436 e. The molecule has 2 rings (SSSR count). The van der Waals surface area contributed by atoms with Crippen molar-refractivity contribution in [1.82, 2.24) is 0 Å². The van der Waals surface area contributed by atoms with Gasteiger partial charge in [-0.2, -0.15) is 13.2 Å². The maximum absolute atomic E-state index is 13.0. The molecule has 2 aromatic carbocycles. The molecule has 3 nitrogen and oxygen atoms in total. The van der Waals surface area contributed by atoms with E-state index in [0.29, 0.717) is 11.3 Å². The van der Waals surface area contributed by atoms with Crippen LogP contribution in [0.25, 0.3) is 0 Å². The molecule has 116 valence electrons. The van der Waals surface area contributed by atoms with E-state index in [1.165, 1.54) is 0 Å². The molecule has 2 aromatic rings. The number of alkyl halides is 3. The Morgan fingerprint density at radius 1 is 1.00 bits per heavy atom. The fourth-order valence-electron chi connectivity index (χ4n) is 1.85. The molecule has 1 amide bonds. The minimum Gasteiger partial charge on any atom is -0.436 e. The predicted octanol–water partition coefficient (Wildman–Crippen LogP) is 4.41. The Labute approximate surface area is 125 Å². The first-order chi connectivity index (χ1) is 10.4. The van der Waals surface area contributed by atoms with Crippen molar-refractivity contribution in [3.8, 4) is 0 Å². The van der Waals surface area contributed by atoms with E-state index < -0.39 is 24.8 Å². The van der Waals surface area contributed by atoms with Crippen molar-refractivity contribution in [3.05, 3.63) is 66.2 Å². The number of rotatable bonds is 4. The van der Waals surface area contributed by atoms with E-state index in [1.54, 1.807) is 60.7 Å². The highest BCUT2D eigenvalue weighted by Gasteiger charge is 2.42. The Morgan fingerprint density at radius 3 is 2.09 bits per heavy atom. The molecule has 0 spiro atoms. The lowest BCUT2D eigenvalue weighted by molar-refractivity contribution is -0.201. The molecule has 22 heavy (non-hydrogen) atoms. The maximum atomic E-state index is 13.0. The molecule has 0 aliphatic rings. The summed E-state index contributed by atoms with van der Waals surface area (Å²) in [7, 11) is 0. The Morgan fingerprint density at radius 2 is 1.55 bits per heavy atom. The summed E-state index contributed by atoms with van der Waals surface area (Å²) in [6.07, 6.45) is -8.39. The highest BCUT2D eigenvalue weighted by Crippen LogP contribution is 2.26. The van der Waals surface area contributed by atoms with Crippen molar-refractivity contribution in [3.63, 3.8) is 0 Å². The fraction of sp³-hybridized carbons (Fsp3) is 0.188. The molecule has 6 heteroatoms. The Hall–Kier alpha value is -2.50. The van der Waals surface area contributed by atoms with Crippen LogP contribution in [0.3, 0.4) is 0 Å². The van der Waals surface area contributed by atoms with Crippen molar-refractivity contribution >= 4 is 11.8 Å². The monoisotopic (exact) mass is 309 g/mol. The highest BCUT2D eigenvalue weighted by atomic mass is 19.4. The van der Waals surface area contributed by atoms with Gasteiger partial charge in [0.05, 0.1) is 0 Å². The van der Waals surface area contributed by atoms with Gasteiger partial charge in [0.1, 0.15) is 0 Å². The summed E-state index contributed by atoms with van der Waals surface area (Å²) in [5.41, 5.74) is 0.811. The van der Waals surface area contributed by atoms with Crippen LogP contribution in [-0.2, 0) is 11.2 Å². The fourth-order valence-corrected chi connectivity index (χ4v) is 1.85. The van der Waals surface area contributed by atoms with Gasteiger partial charge in [-0.1, -0.05) is 48.5 Å². The molecule has 0 saturated heterocycles. The van der Waals surface area contributed by atoms with Crippen LogP contribution >= 0.6 is 0 Å². The molecule has 1 atom stereocenters. The first-order valence-electron chi connectivity index (χ1n) is 6.58. The van der Waals surface area contributed by atoms with Crippen molar-refractivity contribution in [2.24, 2.45) is 0 Å². The number of carbonyl (C=O) groups is 1. The number of amides is 1. The van der Waals surface area contributed by atoms with Gasteiger partial charge < -0.3 is 4.74 Å². The third-order valence-electron chi connectivity index (χ3n) is 2.90. The second-order valence-corrected chi connectivity index (χ2v) is 4.62. The van der Waals surface area contributed by atoms with Crippen LogP contribution in [0.15, 0.2) is 60.7 Å². The van der Waals surface area contributed by atoms with Crippen LogP contribution < -0.4 is 5.32 Å². The van der Waals surface area contributed by atoms with Crippen LogP contribution in [0.2, 0.25) is 0 Å². The zero-order chi connectivity index (χ0) is 16.0. The van der Waals surface area contributed by atoms with Crippen LogP contribution in [0, 0.1) is 0 Å². The minimum absolute atomic E-state index is 0.369. The number of halogens is 3. The highest BCUT2D eigenvalue weighted by molar-refractivity contribution is 5.84. The minimum atomic E-state index is -4.64. The maximum Gasteiger partial charge on any atom is 0.425 e. The Kier molecular flexibility index (Phi) is 5.04. The van der Waals surface area contributed by atoms with Gasteiger partial charge in [-0.05, 0) is 17.7 Å². The lowest BCUT2D eigenvalue weighted by Crippen LogP contribution is -2.37. The van der Waals surface area contributed by atoms with Crippen molar-refractivity contribution in [2.75, 3.05) is 5.32 Å². The summed E-state index contributed by atoms with van der Waals surface area (Å²) in [6.45, 7) is 0. The molecule has 0 heterocycles. The van der Waals surface area contributed by atoms with Gasteiger partial charge in [-0.3, -0.25) is 5.32 Å². The van der Waals surface area contributed by atoms with Crippen LogP contribution in [0.5, 0.6) is 0 Å². The quantitative estimate of drug-likeness (QED) is 0.908. The van der Waals surface area contributed by atoms with Gasteiger partial charge in [0.2, 0.25) is 6.10 Å². The SMILES string of the molecule is O=C(Nc1ccccc1)O[C@H](Cc1ccccc1)C(F)(F)F. The second-order valence-electron chi connectivity index (χ2n) is 4.62. The van der Waals surface area contributed by atoms with Gasteiger partial charge in [0, 0.05) is 12.1 Å². The topological polar surface area (TPSA) is 38.3 Å². The Bertz CT molecular complexity index is 600. The van der Waals surface area contributed by atoms with Gasteiger partial charge in [-0.25, -0.2) is 4.79 Å². The lowest BCUT2D eigenvalue weighted by atomic mass is 10.1. The van der Waals surface area contributed by atoms with Gasteiger partial charge in [-0.15, -0.1) is 0 Å². The molecule has 0 bridgehead atoms. The molecule has 0 aliphatic carbocycles. The standard InChI is InChI=1S/C16H14F3NO2/c17-16(18,19)14(11-12-7-3-1-4-8-12)22-15(21)20-13-9-5-2-6-10-13/h1-10,14H,11H2,(H,20,21)/t14-/m1/s1. The summed E-state index contributed by atoms with van der Waals surface area (Å²) < 4.78 is 43.5. The van der Waals surface area contributed by atoms with E-state index in [9.17, 15) is 18.0 Å². The molecule has 0 fully saturated rings. The van der Waals surface area contributed by atoms with E-state index in [1.807, 2.05) is 0 Å². The zero-order valence-corrected chi connectivity index (χ0v) is 11.5. The summed E-state index contributed by atoms with van der Waals surface area (Å²) in [4.78, 5) is 11.6.